The minimum absolute atomic E-state index is 0.224. The van der Waals surface area contributed by atoms with E-state index >= 15 is 0 Å². The number of halogens is 1. The standard InChI is InChI=1S/C14H13BrN2O3/c1-7-4-9(15)6-10(16)13(7)17-14(20)8-2-3-11(18)12(19)5-8/h2-6,18-19H,16H2,1H3,(H,17,20). The Bertz CT molecular complexity index is 663. The van der Waals surface area contributed by atoms with Crippen LogP contribution in [0.25, 0.3) is 0 Å². The number of phenols is 2. The van der Waals surface area contributed by atoms with Gasteiger partial charge in [0.25, 0.3) is 5.91 Å². The third kappa shape index (κ3) is 2.85. The summed E-state index contributed by atoms with van der Waals surface area (Å²) in [4.78, 5) is 12.1. The molecule has 1 amide bonds. The zero-order valence-corrected chi connectivity index (χ0v) is 12.2. The van der Waals surface area contributed by atoms with E-state index in [1.165, 1.54) is 18.2 Å². The summed E-state index contributed by atoms with van der Waals surface area (Å²) in [6, 6.07) is 7.38. The molecular weight excluding hydrogens is 324 g/mol. The molecule has 5 nitrogen and oxygen atoms in total. The van der Waals surface area contributed by atoms with E-state index in [-0.39, 0.29) is 17.1 Å². The first kappa shape index (κ1) is 14.2. The number of hydrogen-bond donors (Lipinski definition) is 4. The fourth-order valence-corrected chi connectivity index (χ4v) is 2.38. The van der Waals surface area contributed by atoms with Crippen LogP contribution in [0.2, 0.25) is 0 Å². The van der Waals surface area contributed by atoms with Gasteiger partial charge in [-0.15, -0.1) is 0 Å². The molecule has 0 saturated heterocycles. The Balaban J connectivity index is 2.30. The lowest BCUT2D eigenvalue weighted by Gasteiger charge is -2.12. The number of benzene rings is 2. The van der Waals surface area contributed by atoms with Crippen molar-refractivity contribution in [2.75, 3.05) is 11.1 Å². The molecule has 2 aromatic rings. The van der Waals surface area contributed by atoms with Crippen LogP contribution in [0.5, 0.6) is 11.5 Å². The molecule has 0 atom stereocenters. The molecule has 0 spiro atoms. The highest BCUT2D eigenvalue weighted by Gasteiger charge is 2.12. The van der Waals surface area contributed by atoms with Gasteiger partial charge < -0.3 is 21.3 Å². The van der Waals surface area contributed by atoms with Crippen molar-refractivity contribution in [3.05, 3.63) is 45.9 Å². The van der Waals surface area contributed by atoms with Gasteiger partial charge >= 0.3 is 0 Å². The molecule has 0 aliphatic rings. The van der Waals surface area contributed by atoms with Crippen molar-refractivity contribution in [3.63, 3.8) is 0 Å². The third-order valence-corrected chi connectivity index (χ3v) is 3.26. The van der Waals surface area contributed by atoms with Gasteiger partial charge in [0, 0.05) is 10.0 Å². The fourth-order valence-electron chi connectivity index (χ4n) is 1.79. The smallest absolute Gasteiger partial charge is 0.255 e. The Hall–Kier alpha value is -2.21. The molecule has 0 aliphatic carbocycles. The number of hydrogen-bond acceptors (Lipinski definition) is 4. The van der Waals surface area contributed by atoms with Gasteiger partial charge in [-0.05, 0) is 42.8 Å². The lowest BCUT2D eigenvalue weighted by Crippen LogP contribution is -2.14. The zero-order valence-electron chi connectivity index (χ0n) is 10.6. The summed E-state index contributed by atoms with van der Waals surface area (Å²) in [5.74, 6) is -1.04. The number of carbonyl (C=O) groups is 1. The number of rotatable bonds is 2. The Morgan fingerprint density at radius 1 is 1.20 bits per heavy atom. The normalized spacial score (nSPS) is 10.3. The summed E-state index contributed by atoms with van der Waals surface area (Å²) in [7, 11) is 0. The molecule has 0 radical (unpaired) electrons. The summed E-state index contributed by atoms with van der Waals surface area (Å²) in [6.07, 6.45) is 0. The average molecular weight is 337 g/mol. The van der Waals surface area contributed by atoms with Crippen LogP contribution in [0.4, 0.5) is 11.4 Å². The number of anilines is 2. The molecule has 104 valence electrons. The quantitative estimate of drug-likeness (QED) is 0.500. The summed E-state index contributed by atoms with van der Waals surface area (Å²) in [5.41, 5.74) is 7.86. The highest BCUT2D eigenvalue weighted by atomic mass is 79.9. The number of carbonyl (C=O) groups excluding carboxylic acids is 1. The van der Waals surface area contributed by atoms with Crippen molar-refractivity contribution in [3.8, 4) is 11.5 Å². The molecule has 0 saturated carbocycles. The molecule has 20 heavy (non-hydrogen) atoms. The monoisotopic (exact) mass is 336 g/mol. The largest absolute Gasteiger partial charge is 0.504 e. The SMILES string of the molecule is Cc1cc(Br)cc(N)c1NC(=O)c1ccc(O)c(O)c1. The fraction of sp³-hybridized carbons (Fsp3) is 0.0714. The third-order valence-electron chi connectivity index (χ3n) is 2.81. The molecule has 2 aromatic carbocycles. The molecule has 0 heterocycles. The van der Waals surface area contributed by atoms with Crippen LogP contribution in [-0.2, 0) is 0 Å². The van der Waals surface area contributed by atoms with E-state index in [2.05, 4.69) is 21.2 Å². The summed E-state index contributed by atoms with van der Waals surface area (Å²) >= 11 is 3.32. The highest BCUT2D eigenvalue weighted by molar-refractivity contribution is 9.10. The Morgan fingerprint density at radius 3 is 2.50 bits per heavy atom. The van der Waals surface area contributed by atoms with E-state index in [4.69, 9.17) is 5.73 Å². The number of amides is 1. The maximum absolute atomic E-state index is 12.1. The molecule has 0 aliphatic heterocycles. The maximum Gasteiger partial charge on any atom is 0.255 e. The predicted octanol–water partition coefficient (Wildman–Crippen LogP) is 3.00. The van der Waals surface area contributed by atoms with Gasteiger partial charge in [-0.25, -0.2) is 0 Å². The number of aromatic hydroxyl groups is 2. The van der Waals surface area contributed by atoms with Crippen LogP contribution in [0.1, 0.15) is 15.9 Å². The van der Waals surface area contributed by atoms with Gasteiger partial charge in [0.1, 0.15) is 0 Å². The van der Waals surface area contributed by atoms with Crippen molar-refractivity contribution < 1.29 is 15.0 Å². The second-order valence-corrected chi connectivity index (χ2v) is 5.26. The lowest BCUT2D eigenvalue weighted by atomic mass is 10.1. The van der Waals surface area contributed by atoms with E-state index in [1.807, 2.05) is 13.0 Å². The molecule has 0 fully saturated rings. The summed E-state index contributed by atoms with van der Waals surface area (Å²) in [5, 5.41) is 21.3. The van der Waals surface area contributed by atoms with Crippen LogP contribution in [0.15, 0.2) is 34.8 Å². The van der Waals surface area contributed by atoms with E-state index < -0.39 is 5.91 Å². The molecule has 2 rings (SSSR count). The highest BCUT2D eigenvalue weighted by Crippen LogP contribution is 2.29. The first-order chi connectivity index (χ1) is 9.38. The average Bonchev–Trinajstić information content (AvgIpc) is 2.36. The van der Waals surface area contributed by atoms with Gasteiger partial charge in [0.05, 0.1) is 11.4 Å². The summed E-state index contributed by atoms with van der Waals surface area (Å²) in [6.45, 7) is 1.82. The predicted molar refractivity (Wildman–Crippen MR) is 81.0 cm³/mol. The van der Waals surface area contributed by atoms with Gasteiger partial charge in [0.2, 0.25) is 0 Å². The van der Waals surface area contributed by atoms with Gasteiger partial charge in [0.15, 0.2) is 11.5 Å². The van der Waals surface area contributed by atoms with Crippen LogP contribution in [0.3, 0.4) is 0 Å². The van der Waals surface area contributed by atoms with Crippen molar-refractivity contribution in [1.82, 2.24) is 0 Å². The first-order valence-corrected chi connectivity index (χ1v) is 6.56. The van der Waals surface area contributed by atoms with E-state index in [9.17, 15) is 15.0 Å². The number of nitrogens with two attached hydrogens (primary N) is 1. The Morgan fingerprint density at radius 2 is 1.90 bits per heavy atom. The molecule has 6 heteroatoms. The Labute approximate surface area is 124 Å². The van der Waals surface area contributed by atoms with Crippen molar-refractivity contribution in [2.45, 2.75) is 6.92 Å². The van der Waals surface area contributed by atoms with Crippen LogP contribution < -0.4 is 11.1 Å². The van der Waals surface area contributed by atoms with E-state index in [0.717, 1.165) is 10.0 Å². The molecule has 0 bridgehead atoms. The van der Waals surface area contributed by atoms with Crippen molar-refractivity contribution >= 4 is 33.2 Å². The zero-order chi connectivity index (χ0) is 14.9. The van der Waals surface area contributed by atoms with Gasteiger partial charge in [-0.3, -0.25) is 4.79 Å². The first-order valence-electron chi connectivity index (χ1n) is 5.77. The number of phenolic OH excluding ortho intramolecular Hbond substituents is 2. The lowest BCUT2D eigenvalue weighted by molar-refractivity contribution is 0.102. The van der Waals surface area contributed by atoms with Crippen LogP contribution in [-0.4, -0.2) is 16.1 Å². The Kier molecular flexibility index (Phi) is 3.85. The second kappa shape index (κ2) is 5.42. The number of nitrogen functional groups attached to an aromatic ring is 1. The minimum Gasteiger partial charge on any atom is -0.504 e. The van der Waals surface area contributed by atoms with Crippen LogP contribution >= 0.6 is 15.9 Å². The van der Waals surface area contributed by atoms with Crippen molar-refractivity contribution in [2.24, 2.45) is 0 Å². The molecule has 0 aromatic heterocycles. The molecular formula is C14H13BrN2O3. The second-order valence-electron chi connectivity index (χ2n) is 4.34. The number of nitrogens with one attached hydrogen (secondary N) is 1. The number of aryl methyl sites for hydroxylation is 1. The van der Waals surface area contributed by atoms with Crippen molar-refractivity contribution in [1.29, 1.82) is 0 Å². The van der Waals surface area contributed by atoms with E-state index in [0.29, 0.717) is 11.4 Å². The maximum atomic E-state index is 12.1. The summed E-state index contributed by atoms with van der Waals surface area (Å²) < 4.78 is 0.827. The van der Waals surface area contributed by atoms with Crippen LogP contribution in [0, 0.1) is 6.92 Å². The van der Waals surface area contributed by atoms with Gasteiger partial charge in [-0.2, -0.15) is 0 Å². The minimum atomic E-state index is -0.419. The van der Waals surface area contributed by atoms with E-state index in [1.54, 1.807) is 6.07 Å². The molecule has 0 unspecified atom stereocenters. The molecule has 5 N–H and O–H groups in total. The van der Waals surface area contributed by atoms with Gasteiger partial charge in [-0.1, -0.05) is 15.9 Å². The topological polar surface area (TPSA) is 95.6 Å².